The number of unbranched alkanes of at least 4 members (excludes halogenated alkanes) is 3. The van der Waals surface area contributed by atoms with Crippen molar-refractivity contribution in [3.05, 3.63) is 24.3 Å². The van der Waals surface area contributed by atoms with E-state index in [-0.39, 0.29) is 5.75 Å². The summed E-state index contributed by atoms with van der Waals surface area (Å²) in [5.41, 5.74) is 0.665. The Morgan fingerprint density at radius 3 is 2.47 bits per heavy atom. The number of hydrogen-bond donors (Lipinski definition) is 3. The van der Waals surface area contributed by atoms with E-state index in [0.717, 1.165) is 25.5 Å². The summed E-state index contributed by atoms with van der Waals surface area (Å²) in [6, 6.07) is 5.63. The highest BCUT2D eigenvalue weighted by Gasteiger charge is 2.16. The Labute approximate surface area is 112 Å². The third-order valence-electron chi connectivity index (χ3n) is 2.82. The summed E-state index contributed by atoms with van der Waals surface area (Å²) in [7, 11) is 0. The average Bonchev–Trinajstić information content (AvgIpc) is 2.39. The van der Waals surface area contributed by atoms with E-state index >= 15 is 0 Å². The molecule has 104 valence electrons. The predicted molar refractivity (Wildman–Crippen MR) is 72.3 cm³/mol. The third-order valence-corrected chi connectivity index (χ3v) is 2.82. The van der Waals surface area contributed by atoms with Gasteiger partial charge in [-0.2, -0.15) is 0 Å². The molecule has 0 aliphatic carbocycles. The van der Waals surface area contributed by atoms with Gasteiger partial charge in [0.2, 0.25) is 0 Å². The molecule has 0 aliphatic heterocycles. The van der Waals surface area contributed by atoms with E-state index in [1.54, 1.807) is 12.1 Å². The number of nitrogens with one attached hydrogen (secondary N) is 1. The van der Waals surface area contributed by atoms with Gasteiger partial charge in [-0.15, -0.1) is 0 Å². The number of hydrogen-bond acceptors (Lipinski definition) is 4. The summed E-state index contributed by atoms with van der Waals surface area (Å²) in [5.74, 6) is -0.755. The van der Waals surface area contributed by atoms with Crippen molar-refractivity contribution in [1.29, 1.82) is 0 Å². The minimum atomic E-state index is -0.900. The van der Waals surface area contributed by atoms with Crippen LogP contribution in [0.3, 0.4) is 0 Å². The number of aliphatic carboxylic acids is 1. The second kappa shape index (κ2) is 8.13. The Kier molecular flexibility index (Phi) is 6.43. The van der Waals surface area contributed by atoms with Crippen LogP contribution < -0.4 is 5.32 Å². The molecule has 3 N–H and O–H groups in total. The summed E-state index contributed by atoms with van der Waals surface area (Å²) in [5, 5.41) is 21.2. The summed E-state index contributed by atoms with van der Waals surface area (Å²) in [4.78, 5) is 21.3. The van der Waals surface area contributed by atoms with Gasteiger partial charge >= 0.3 is 5.97 Å². The maximum Gasteiger partial charge on any atom is 0.326 e. The van der Waals surface area contributed by atoms with Gasteiger partial charge in [0.25, 0.3) is 0 Å². The summed E-state index contributed by atoms with van der Waals surface area (Å²) >= 11 is 0. The van der Waals surface area contributed by atoms with Crippen molar-refractivity contribution < 1.29 is 19.8 Å². The van der Waals surface area contributed by atoms with Crippen molar-refractivity contribution in [2.75, 3.05) is 5.32 Å². The largest absolute Gasteiger partial charge is 0.508 e. The molecule has 0 heterocycles. The number of carboxylic acid groups (broad SMARTS) is 1. The van der Waals surface area contributed by atoms with E-state index < -0.39 is 12.0 Å². The van der Waals surface area contributed by atoms with Gasteiger partial charge in [-0.1, -0.05) is 12.8 Å². The highest BCUT2D eigenvalue weighted by atomic mass is 16.4. The molecule has 0 fully saturated rings. The van der Waals surface area contributed by atoms with Crippen LogP contribution in [0.25, 0.3) is 0 Å². The first-order valence-corrected chi connectivity index (χ1v) is 6.35. The zero-order valence-electron chi connectivity index (χ0n) is 10.7. The summed E-state index contributed by atoms with van der Waals surface area (Å²) in [6.45, 7) is 0. The number of aromatic hydroxyl groups is 1. The lowest BCUT2D eigenvalue weighted by atomic mass is 10.1. The van der Waals surface area contributed by atoms with Crippen molar-refractivity contribution in [2.45, 2.75) is 38.1 Å². The van der Waals surface area contributed by atoms with Crippen LogP contribution in [0.15, 0.2) is 24.3 Å². The van der Waals surface area contributed by atoms with Crippen molar-refractivity contribution in [1.82, 2.24) is 0 Å². The van der Waals surface area contributed by atoms with Crippen LogP contribution in [0.2, 0.25) is 0 Å². The van der Waals surface area contributed by atoms with Crippen LogP contribution in [0.5, 0.6) is 5.75 Å². The molecule has 0 saturated heterocycles. The molecule has 0 saturated carbocycles. The van der Waals surface area contributed by atoms with Gasteiger partial charge in [0, 0.05) is 12.1 Å². The highest BCUT2D eigenvalue weighted by molar-refractivity contribution is 5.77. The molecule has 0 amide bonds. The fourth-order valence-corrected chi connectivity index (χ4v) is 1.77. The van der Waals surface area contributed by atoms with Crippen molar-refractivity contribution >= 4 is 17.9 Å². The van der Waals surface area contributed by atoms with Crippen molar-refractivity contribution in [3.63, 3.8) is 0 Å². The second-order valence-corrected chi connectivity index (χ2v) is 4.39. The summed E-state index contributed by atoms with van der Waals surface area (Å²) < 4.78 is 0. The standard InChI is InChI=1S/C14H19NO4/c16-10-4-2-1-3-5-13(14(18)19)15-11-6-8-12(17)9-7-11/h6-10,13,15,17H,1-5H2,(H,18,19). The van der Waals surface area contributed by atoms with Crippen molar-refractivity contribution in [3.8, 4) is 5.75 Å². The Bertz CT molecular complexity index is 402. The van der Waals surface area contributed by atoms with Crippen LogP contribution in [0.4, 0.5) is 5.69 Å². The minimum Gasteiger partial charge on any atom is -0.508 e. The number of benzene rings is 1. The number of aldehydes is 1. The highest BCUT2D eigenvalue weighted by Crippen LogP contribution is 2.16. The van der Waals surface area contributed by atoms with Gasteiger partial charge < -0.3 is 20.3 Å². The van der Waals surface area contributed by atoms with Crippen LogP contribution >= 0.6 is 0 Å². The zero-order valence-corrected chi connectivity index (χ0v) is 10.7. The van der Waals surface area contributed by atoms with Gasteiger partial charge in [0.05, 0.1) is 0 Å². The molecule has 1 aromatic carbocycles. The first-order valence-electron chi connectivity index (χ1n) is 6.35. The number of anilines is 1. The Hall–Kier alpha value is -2.04. The molecule has 0 spiro atoms. The quantitative estimate of drug-likeness (QED) is 0.362. The monoisotopic (exact) mass is 265 g/mol. The Balaban J connectivity index is 2.42. The number of carbonyl (C=O) groups is 2. The van der Waals surface area contributed by atoms with Gasteiger partial charge in [-0.05, 0) is 37.1 Å². The lowest BCUT2D eigenvalue weighted by molar-refractivity contribution is -0.138. The predicted octanol–water partition coefficient (Wildman–Crippen LogP) is 2.41. The van der Waals surface area contributed by atoms with E-state index in [1.165, 1.54) is 12.1 Å². The van der Waals surface area contributed by atoms with Crippen LogP contribution in [-0.4, -0.2) is 28.5 Å². The number of phenolic OH excluding ortho intramolecular Hbond substituents is 1. The van der Waals surface area contributed by atoms with Crippen molar-refractivity contribution in [2.24, 2.45) is 0 Å². The molecule has 19 heavy (non-hydrogen) atoms. The minimum absolute atomic E-state index is 0.145. The molecule has 0 radical (unpaired) electrons. The molecule has 0 aromatic heterocycles. The number of phenols is 1. The topological polar surface area (TPSA) is 86.6 Å². The smallest absolute Gasteiger partial charge is 0.326 e. The molecule has 0 aliphatic rings. The second-order valence-electron chi connectivity index (χ2n) is 4.39. The molecule has 1 aromatic rings. The average molecular weight is 265 g/mol. The lowest BCUT2D eigenvalue weighted by Crippen LogP contribution is -2.29. The van der Waals surface area contributed by atoms with Gasteiger partial charge in [0.15, 0.2) is 0 Å². The fourth-order valence-electron chi connectivity index (χ4n) is 1.77. The van der Waals surface area contributed by atoms with E-state index in [0.29, 0.717) is 18.5 Å². The Morgan fingerprint density at radius 1 is 1.21 bits per heavy atom. The molecule has 0 bridgehead atoms. The first kappa shape index (κ1) is 15.0. The molecule has 1 rings (SSSR count). The lowest BCUT2D eigenvalue weighted by Gasteiger charge is -2.15. The third kappa shape index (κ3) is 5.90. The maximum atomic E-state index is 11.1. The van der Waals surface area contributed by atoms with Gasteiger partial charge in [-0.25, -0.2) is 4.79 Å². The number of rotatable bonds is 9. The van der Waals surface area contributed by atoms with Crippen LogP contribution in [-0.2, 0) is 9.59 Å². The van der Waals surface area contributed by atoms with Crippen LogP contribution in [0.1, 0.15) is 32.1 Å². The molecular formula is C14H19NO4. The van der Waals surface area contributed by atoms with E-state index in [4.69, 9.17) is 10.2 Å². The molecule has 5 nitrogen and oxygen atoms in total. The van der Waals surface area contributed by atoms with Gasteiger partial charge in [-0.3, -0.25) is 0 Å². The fraction of sp³-hybridized carbons (Fsp3) is 0.429. The molecular weight excluding hydrogens is 246 g/mol. The molecule has 1 unspecified atom stereocenters. The number of carbonyl (C=O) groups excluding carboxylic acids is 1. The number of carboxylic acids is 1. The maximum absolute atomic E-state index is 11.1. The van der Waals surface area contributed by atoms with Crippen LogP contribution in [0, 0.1) is 0 Å². The molecule has 5 heteroatoms. The van der Waals surface area contributed by atoms with E-state index in [2.05, 4.69) is 5.32 Å². The Morgan fingerprint density at radius 2 is 1.89 bits per heavy atom. The SMILES string of the molecule is O=CCCCCCC(Nc1ccc(O)cc1)C(=O)O. The van der Waals surface area contributed by atoms with E-state index in [9.17, 15) is 9.59 Å². The zero-order chi connectivity index (χ0) is 14.1. The first-order chi connectivity index (χ1) is 9.13. The molecule has 1 atom stereocenters. The van der Waals surface area contributed by atoms with Gasteiger partial charge in [0.1, 0.15) is 18.1 Å². The van der Waals surface area contributed by atoms with E-state index in [1.807, 2.05) is 0 Å². The normalized spacial score (nSPS) is 11.8. The summed E-state index contributed by atoms with van der Waals surface area (Å²) in [6.07, 6.45) is 4.33.